The molecular weight excluding hydrogens is 387 g/mol. The van der Waals surface area contributed by atoms with E-state index in [9.17, 15) is 0 Å². The molecule has 4 nitrogen and oxygen atoms in total. The highest BCUT2D eigenvalue weighted by atomic mass is 127. The molecule has 0 aliphatic heterocycles. The first-order chi connectivity index (χ1) is 10.0. The minimum atomic E-state index is 0. The van der Waals surface area contributed by atoms with Gasteiger partial charge in [-0.15, -0.1) is 30.6 Å². The molecule has 0 aliphatic rings. The minimum absolute atomic E-state index is 0. The summed E-state index contributed by atoms with van der Waals surface area (Å²) in [6.07, 6.45) is 6.52. The average Bonchev–Trinajstić information content (AvgIpc) is 2.45. The fourth-order valence-electron chi connectivity index (χ4n) is 1.96. The maximum atomic E-state index is 4.72. The predicted molar refractivity (Wildman–Crippen MR) is 110 cm³/mol. The van der Waals surface area contributed by atoms with Crippen molar-refractivity contribution < 1.29 is 0 Å². The van der Waals surface area contributed by atoms with Crippen molar-refractivity contribution in [3.8, 4) is 0 Å². The van der Waals surface area contributed by atoms with E-state index in [1.165, 1.54) is 6.42 Å². The van der Waals surface area contributed by atoms with Gasteiger partial charge in [0.2, 0.25) is 0 Å². The van der Waals surface area contributed by atoms with Crippen LogP contribution in [0.1, 0.15) is 46.5 Å². The van der Waals surface area contributed by atoms with Crippen molar-refractivity contribution in [2.75, 3.05) is 40.3 Å². The monoisotopic (exact) mass is 424 g/mol. The van der Waals surface area contributed by atoms with Crippen molar-refractivity contribution in [1.29, 1.82) is 0 Å². The second-order valence-electron chi connectivity index (χ2n) is 5.87. The highest BCUT2D eigenvalue weighted by molar-refractivity contribution is 14.0. The van der Waals surface area contributed by atoms with E-state index in [1.54, 1.807) is 0 Å². The van der Waals surface area contributed by atoms with E-state index >= 15 is 0 Å². The number of hydrogen-bond acceptors (Lipinski definition) is 2. The van der Waals surface area contributed by atoms with Crippen molar-refractivity contribution in [2.45, 2.75) is 52.5 Å². The van der Waals surface area contributed by atoms with Gasteiger partial charge in [-0.3, -0.25) is 4.99 Å². The first-order valence-electron chi connectivity index (χ1n) is 8.33. The number of aliphatic imine (C=N–C) groups is 1. The normalized spacial score (nSPS) is 11.5. The lowest BCUT2D eigenvalue weighted by Crippen LogP contribution is -2.39. The van der Waals surface area contributed by atoms with Crippen LogP contribution in [0.2, 0.25) is 0 Å². The first kappa shape index (κ1) is 24.0. The molecule has 0 saturated carbocycles. The van der Waals surface area contributed by atoms with Crippen LogP contribution in [0.25, 0.3) is 0 Å². The fraction of sp³-hybridized carbons (Fsp3) is 0.824. The largest absolute Gasteiger partial charge is 0.357 e. The van der Waals surface area contributed by atoms with E-state index in [-0.39, 0.29) is 24.0 Å². The van der Waals surface area contributed by atoms with E-state index in [1.807, 2.05) is 6.08 Å². The van der Waals surface area contributed by atoms with Gasteiger partial charge in [0.15, 0.2) is 5.96 Å². The van der Waals surface area contributed by atoms with E-state index in [0.717, 1.165) is 51.4 Å². The predicted octanol–water partition coefficient (Wildman–Crippen LogP) is 3.59. The molecule has 0 aliphatic carbocycles. The number of unbranched alkanes of at least 4 members (excludes halogenated alkanes) is 2. The average molecular weight is 424 g/mol. The Balaban J connectivity index is 0. The highest BCUT2D eigenvalue weighted by Crippen LogP contribution is 1.99. The van der Waals surface area contributed by atoms with Gasteiger partial charge in [0.1, 0.15) is 0 Å². The van der Waals surface area contributed by atoms with Crippen molar-refractivity contribution in [2.24, 2.45) is 4.99 Å². The summed E-state index contributed by atoms with van der Waals surface area (Å²) < 4.78 is 0. The number of allylic oxidation sites excluding steroid dienone is 1. The van der Waals surface area contributed by atoms with Crippen LogP contribution in [0, 0.1) is 0 Å². The Kier molecular flexibility index (Phi) is 17.0. The molecule has 0 unspecified atom stereocenters. The molecule has 22 heavy (non-hydrogen) atoms. The molecule has 0 bridgehead atoms. The number of nitrogens with zero attached hydrogens (tertiary/aromatic N) is 3. The zero-order valence-corrected chi connectivity index (χ0v) is 17.6. The lowest BCUT2D eigenvalue weighted by molar-refractivity contribution is 0.269. The zero-order chi connectivity index (χ0) is 16.1. The molecule has 0 amide bonds. The first-order valence-corrected chi connectivity index (χ1v) is 8.33. The summed E-state index contributed by atoms with van der Waals surface area (Å²) >= 11 is 0. The van der Waals surface area contributed by atoms with Gasteiger partial charge >= 0.3 is 0 Å². The zero-order valence-electron chi connectivity index (χ0n) is 15.3. The van der Waals surface area contributed by atoms with Crippen LogP contribution >= 0.6 is 24.0 Å². The summed E-state index contributed by atoms with van der Waals surface area (Å²) in [5.41, 5.74) is 0. The van der Waals surface area contributed by atoms with Gasteiger partial charge in [-0.05, 0) is 60.0 Å². The number of hydrogen-bond donors (Lipinski definition) is 1. The summed E-state index contributed by atoms with van der Waals surface area (Å²) in [6, 6.07) is 0.627. The molecule has 0 aromatic carbocycles. The molecule has 0 atom stereocenters. The Hall–Kier alpha value is -0.300. The molecule has 0 spiro atoms. The molecule has 0 heterocycles. The molecule has 0 radical (unpaired) electrons. The van der Waals surface area contributed by atoms with Crippen LogP contribution in [0.15, 0.2) is 17.6 Å². The molecule has 0 aromatic heterocycles. The van der Waals surface area contributed by atoms with Gasteiger partial charge in [-0.2, -0.15) is 0 Å². The molecule has 1 N–H and O–H groups in total. The smallest absolute Gasteiger partial charge is 0.193 e. The molecule has 0 aromatic rings. The van der Waals surface area contributed by atoms with Crippen molar-refractivity contribution >= 4 is 29.9 Å². The van der Waals surface area contributed by atoms with Gasteiger partial charge < -0.3 is 15.1 Å². The van der Waals surface area contributed by atoms with Crippen LogP contribution in [-0.4, -0.2) is 62.1 Å². The Morgan fingerprint density at radius 3 is 2.41 bits per heavy atom. The molecule has 5 heteroatoms. The van der Waals surface area contributed by atoms with Crippen LogP contribution < -0.4 is 5.32 Å². The lowest BCUT2D eigenvalue weighted by Gasteiger charge is -2.22. The number of halogens is 1. The van der Waals surface area contributed by atoms with Gasteiger partial charge in [0.25, 0.3) is 0 Å². The van der Waals surface area contributed by atoms with Crippen molar-refractivity contribution in [1.82, 2.24) is 15.1 Å². The van der Waals surface area contributed by atoms with Gasteiger partial charge in [0, 0.05) is 32.7 Å². The lowest BCUT2D eigenvalue weighted by atomic mass is 10.2. The Bertz CT molecular complexity index is 292. The van der Waals surface area contributed by atoms with Gasteiger partial charge in [-0.25, -0.2) is 0 Å². The summed E-state index contributed by atoms with van der Waals surface area (Å²) in [6.45, 7) is 14.3. The van der Waals surface area contributed by atoms with E-state index in [2.05, 4.69) is 56.6 Å². The third-order valence-corrected chi connectivity index (χ3v) is 3.66. The Labute approximate surface area is 155 Å². The number of guanidine groups is 1. The third-order valence-electron chi connectivity index (χ3n) is 3.66. The topological polar surface area (TPSA) is 30.9 Å². The summed E-state index contributed by atoms with van der Waals surface area (Å²) in [4.78, 5) is 9.32. The summed E-state index contributed by atoms with van der Waals surface area (Å²) in [5.74, 6) is 1.03. The number of nitrogens with one attached hydrogen (secondary N) is 1. The minimum Gasteiger partial charge on any atom is -0.357 e. The van der Waals surface area contributed by atoms with Crippen molar-refractivity contribution in [3.63, 3.8) is 0 Å². The molecule has 132 valence electrons. The Morgan fingerprint density at radius 2 is 1.86 bits per heavy atom. The summed E-state index contributed by atoms with van der Waals surface area (Å²) in [7, 11) is 4.29. The highest BCUT2D eigenvalue weighted by Gasteiger charge is 2.05. The van der Waals surface area contributed by atoms with Gasteiger partial charge in [-0.1, -0.05) is 6.08 Å². The van der Waals surface area contributed by atoms with Crippen LogP contribution in [0.5, 0.6) is 0 Å². The van der Waals surface area contributed by atoms with Crippen molar-refractivity contribution in [3.05, 3.63) is 12.7 Å². The quantitative estimate of drug-likeness (QED) is 0.181. The SMILES string of the molecule is C=CCCCN(C)C(=NCCCCN(C)C(C)C)NCC.I. The standard InChI is InChI=1S/C17H36N4.HI/c1-7-9-11-15-21(6)17(18-8-2)19-13-10-12-14-20(5)16(3)4;/h7,16H,1,8-15H2,2-6H3,(H,18,19);1H. The Morgan fingerprint density at radius 1 is 1.18 bits per heavy atom. The molecule has 0 rings (SSSR count). The molecule has 0 saturated heterocycles. The second-order valence-corrected chi connectivity index (χ2v) is 5.87. The van der Waals surface area contributed by atoms with Crippen LogP contribution in [0.3, 0.4) is 0 Å². The van der Waals surface area contributed by atoms with E-state index < -0.39 is 0 Å². The molecule has 0 fully saturated rings. The maximum Gasteiger partial charge on any atom is 0.193 e. The summed E-state index contributed by atoms with van der Waals surface area (Å²) in [5, 5.41) is 3.37. The van der Waals surface area contributed by atoms with E-state index in [0.29, 0.717) is 6.04 Å². The second kappa shape index (κ2) is 15.6. The van der Waals surface area contributed by atoms with E-state index in [4.69, 9.17) is 4.99 Å². The van der Waals surface area contributed by atoms with Gasteiger partial charge in [0.05, 0.1) is 0 Å². The number of rotatable bonds is 11. The fourth-order valence-corrected chi connectivity index (χ4v) is 1.96. The third kappa shape index (κ3) is 12.3. The van der Waals surface area contributed by atoms with Crippen LogP contribution in [0.4, 0.5) is 0 Å². The maximum absolute atomic E-state index is 4.72. The molecular formula is C17H37IN4. The van der Waals surface area contributed by atoms with Crippen LogP contribution in [-0.2, 0) is 0 Å².